The van der Waals surface area contributed by atoms with Gasteiger partial charge in [-0.05, 0) is 43.2 Å². The summed E-state index contributed by atoms with van der Waals surface area (Å²) in [5, 5.41) is 1.83. The van der Waals surface area contributed by atoms with Crippen molar-refractivity contribution in [3.05, 3.63) is 58.1 Å². The van der Waals surface area contributed by atoms with E-state index < -0.39 is 0 Å². The van der Waals surface area contributed by atoms with Crippen molar-refractivity contribution in [2.45, 2.75) is 32.9 Å². The molecule has 0 bridgehead atoms. The number of aldehydes is 1. The van der Waals surface area contributed by atoms with E-state index in [1.54, 1.807) is 11.3 Å². The van der Waals surface area contributed by atoms with Crippen LogP contribution in [-0.2, 0) is 17.8 Å². The minimum Gasteiger partial charge on any atom is -0.343 e. The van der Waals surface area contributed by atoms with Crippen LogP contribution in [0.3, 0.4) is 0 Å². The highest BCUT2D eigenvalue weighted by atomic mass is 35.5. The molecular weight excluding hydrogens is 390 g/mol. The van der Waals surface area contributed by atoms with Crippen LogP contribution in [0.15, 0.2) is 36.4 Å². The van der Waals surface area contributed by atoms with Gasteiger partial charge in [-0.2, -0.15) is 0 Å². The first kappa shape index (κ1) is 19.4. The monoisotopic (exact) mass is 413 g/mol. The summed E-state index contributed by atoms with van der Waals surface area (Å²) in [6.07, 6.45) is 1.46. The zero-order valence-corrected chi connectivity index (χ0v) is 17.8. The number of aryl methyl sites for hydroxylation is 1. The quantitative estimate of drug-likeness (QED) is 0.567. The average molecular weight is 414 g/mol. The van der Waals surface area contributed by atoms with E-state index in [0.29, 0.717) is 12.5 Å². The lowest BCUT2D eigenvalue weighted by Gasteiger charge is -2.39. The molecule has 4 rings (SSSR count). The van der Waals surface area contributed by atoms with E-state index in [0.717, 1.165) is 58.4 Å². The van der Waals surface area contributed by atoms with Gasteiger partial charge in [-0.1, -0.05) is 46.7 Å². The molecule has 0 unspecified atom stereocenters. The van der Waals surface area contributed by atoms with Crippen LogP contribution in [0.25, 0.3) is 10.2 Å². The van der Waals surface area contributed by atoms with E-state index in [1.165, 1.54) is 11.1 Å². The van der Waals surface area contributed by atoms with Gasteiger partial charge in [0.25, 0.3) is 0 Å². The molecule has 1 fully saturated rings. The third-order valence-electron chi connectivity index (χ3n) is 5.22. The topological polar surface area (TPSA) is 36.4 Å². The van der Waals surface area contributed by atoms with Gasteiger partial charge in [0, 0.05) is 43.7 Å². The SMILES string of the molecule is Cc1cc(CC=O)cc(CN2CCN(c3nc4ccc(Cl)cc4s3)[C@H](C)C2)c1. The van der Waals surface area contributed by atoms with Gasteiger partial charge in [-0.3, -0.25) is 4.90 Å². The predicted octanol–water partition coefficient (Wildman–Crippen LogP) is 4.71. The van der Waals surface area contributed by atoms with Crippen LogP contribution < -0.4 is 4.90 Å². The van der Waals surface area contributed by atoms with Crippen LogP contribution in [-0.4, -0.2) is 41.8 Å². The summed E-state index contributed by atoms with van der Waals surface area (Å²) in [6, 6.07) is 12.8. The van der Waals surface area contributed by atoms with Crippen molar-refractivity contribution in [2.75, 3.05) is 24.5 Å². The summed E-state index contributed by atoms with van der Waals surface area (Å²) in [5.41, 5.74) is 4.62. The molecule has 0 spiro atoms. The first-order valence-electron chi connectivity index (χ1n) is 9.60. The molecule has 6 heteroatoms. The lowest BCUT2D eigenvalue weighted by Crippen LogP contribution is -2.51. The standard InChI is InChI=1S/C22H24ClN3OS/c1-15-9-17(5-8-27)11-18(10-15)14-25-6-7-26(16(2)13-25)22-24-20-4-3-19(23)12-21(20)28-22/h3-4,8-12,16H,5-7,13-14H2,1-2H3/t16-/m1/s1. The van der Waals surface area contributed by atoms with Gasteiger partial charge in [-0.15, -0.1) is 0 Å². The number of nitrogens with zero attached hydrogens (tertiary/aromatic N) is 3. The first-order chi connectivity index (χ1) is 13.5. The van der Waals surface area contributed by atoms with E-state index in [1.807, 2.05) is 18.2 Å². The fourth-order valence-electron chi connectivity index (χ4n) is 3.98. The molecular formula is C22H24ClN3OS. The first-order valence-corrected chi connectivity index (χ1v) is 10.8. The van der Waals surface area contributed by atoms with Crippen LogP contribution in [0.5, 0.6) is 0 Å². The van der Waals surface area contributed by atoms with Crippen LogP contribution in [0.2, 0.25) is 5.02 Å². The molecule has 2 heterocycles. The van der Waals surface area contributed by atoms with Crippen LogP contribution in [0, 0.1) is 6.92 Å². The molecule has 1 aliphatic rings. The molecule has 4 nitrogen and oxygen atoms in total. The molecule has 1 atom stereocenters. The highest BCUT2D eigenvalue weighted by Crippen LogP contribution is 2.32. The largest absolute Gasteiger partial charge is 0.343 e. The molecule has 0 N–H and O–H groups in total. The van der Waals surface area contributed by atoms with E-state index >= 15 is 0 Å². The number of thiazole rings is 1. The van der Waals surface area contributed by atoms with E-state index in [2.05, 4.69) is 41.8 Å². The normalized spacial score (nSPS) is 18.0. The van der Waals surface area contributed by atoms with Gasteiger partial charge in [-0.25, -0.2) is 4.98 Å². The van der Waals surface area contributed by atoms with Crippen molar-refractivity contribution in [1.82, 2.24) is 9.88 Å². The Bertz CT molecular complexity index is 1000. The molecule has 2 aromatic carbocycles. The lowest BCUT2D eigenvalue weighted by atomic mass is 10.0. The number of anilines is 1. The highest BCUT2D eigenvalue weighted by molar-refractivity contribution is 7.22. The number of aromatic nitrogens is 1. The number of hydrogen-bond donors (Lipinski definition) is 0. The fraction of sp³-hybridized carbons (Fsp3) is 0.364. The second-order valence-corrected chi connectivity index (χ2v) is 9.03. The zero-order valence-electron chi connectivity index (χ0n) is 16.2. The fourth-order valence-corrected chi connectivity index (χ4v) is 5.35. The Morgan fingerprint density at radius 3 is 2.82 bits per heavy atom. The summed E-state index contributed by atoms with van der Waals surface area (Å²) < 4.78 is 1.14. The number of fused-ring (bicyclic) bond motifs is 1. The second-order valence-electron chi connectivity index (χ2n) is 7.58. The van der Waals surface area contributed by atoms with Crippen molar-refractivity contribution >= 4 is 44.6 Å². The van der Waals surface area contributed by atoms with Gasteiger partial charge < -0.3 is 9.69 Å². The summed E-state index contributed by atoms with van der Waals surface area (Å²) in [6.45, 7) is 8.23. The Hall–Kier alpha value is -1.95. The number of carbonyl (C=O) groups is 1. The molecule has 1 saturated heterocycles. The molecule has 0 amide bonds. The maximum absolute atomic E-state index is 10.9. The van der Waals surface area contributed by atoms with Crippen LogP contribution in [0.4, 0.5) is 5.13 Å². The summed E-state index contributed by atoms with van der Waals surface area (Å²) in [5.74, 6) is 0. The van der Waals surface area contributed by atoms with E-state index in [4.69, 9.17) is 16.6 Å². The average Bonchev–Trinajstić information content (AvgIpc) is 3.04. The molecule has 1 aromatic heterocycles. The minimum absolute atomic E-state index is 0.393. The Labute approximate surface area is 174 Å². The van der Waals surface area contributed by atoms with Crippen molar-refractivity contribution in [1.29, 1.82) is 0 Å². The van der Waals surface area contributed by atoms with Gasteiger partial charge >= 0.3 is 0 Å². The Morgan fingerprint density at radius 2 is 2.04 bits per heavy atom. The number of benzene rings is 2. The second kappa shape index (κ2) is 8.19. The summed E-state index contributed by atoms with van der Waals surface area (Å²) in [7, 11) is 0. The molecule has 3 aromatic rings. The van der Waals surface area contributed by atoms with Gasteiger partial charge in [0.15, 0.2) is 5.13 Å². The molecule has 28 heavy (non-hydrogen) atoms. The van der Waals surface area contributed by atoms with Crippen molar-refractivity contribution < 1.29 is 4.79 Å². The number of piperazine rings is 1. The van der Waals surface area contributed by atoms with Gasteiger partial charge in [0.05, 0.1) is 10.2 Å². The number of halogens is 1. The smallest absolute Gasteiger partial charge is 0.186 e. The van der Waals surface area contributed by atoms with E-state index in [-0.39, 0.29) is 0 Å². The third-order valence-corrected chi connectivity index (χ3v) is 6.51. The predicted molar refractivity (Wildman–Crippen MR) is 118 cm³/mol. The maximum Gasteiger partial charge on any atom is 0.186 e. The molecule has 0 radical (unpaired) electrons. The molecule has 1 aliphatic heterocycles. The summed E-state index contributed by atoms with van der Waals surface area (Å²) >= 11 is 7.83. The van der Waals surface area contributed by atoms with Crippen molar-refractivity contribution in [3.63, 3.8) is 0 Å². The summed E-state index contributed by atoms with van der Waals surface area (Å²) in [4.78, 5) is 20.6. The van der Waals surface area contributed by atoms with Gasteiger partial charge in [0.2, 0.25) is 0 Å². The van der Waals surface area contributed by atoms with E-state index in [9.17, 15) is 4.79 Å². The lowest BCUT2D eigenvalue weighted by molar-refractivity contribution is -0.107. The maximum atomic E-state index is 10.9. The van der Waals surface area contributed by atoms with Crippen molar-refractivity contribution in [2.24, 2.45) is 0 Å². The molecule has 0 saturated carbocycles. The van der Waals surface area contributed by atoms with Gasteiger partial charge in [0.1, 0.15) is 6.29 Å². The Balaban J connectivity index is 1.45. The zero-order chi connectivity index (χ0) is 19.7. The van der Waals surface area contributed by atoms with Crippen molar-refractivity contribution in [3.8, 4) is 0 Å². The molecule has 146 valence electrons. The number of rotatable bonds is 5. The number of carbonyl (C=O) groups excluding carboxylic acids is 1. The Morgan fingerprint density at radius 1 is 1.21 bits per heavy atom. The molecule has 0 aliphatic carbocycles. The number of hydrogen-bond acceptors (Lipinski definition) is 5. The van der Waals surface area contributed by atoms with Crippen LogP contribution >= 0.6 is 22.9 Å². The third kappa shape index (κ3) is 4.22. The van der Waals surface area contributed by atoms with Crippen LogP contribution in [0.1, 0.15) is 23.6 Å². The Kier molecular flexibility index (Phi) is 5.67. The highest BCUT2D eigenvalue weighted by Gasteiger charge is 2.26. The minimum atomic E-state index is 0.393.